The number of benzene rings is 4. The molecule has 5 rings (SSSR count). The van der Waals surface area contributed by atoms with Crippen LogP contribution in [0.5, 0.6) is 23.0 Å². The highest BCUT2D eigenvalue weighted by atomic mass is 16.5. The van der Waals surface area contributed by atoms with Crippen LogP contribution in [0.3, 0.4) is 0 Å². The van der Waals surface area contributed by atoms with Gasteiger partial charge in [-0.05, 0) is 82.6 Å². The number of carbonyl (C=O) groups is 2. The maximum Gasteiger partial charge on any atom is 0.159 e. The normalized spacial score (nSPS) is 12.5. The van der Waals surface area contributed by atoms with Crippen molar-refractivity contribution in [1.82, 2.24) is 0 Å². The third kappa shape index (κ3) is 5.05. The van der Waals surface area contributed by atoms with Gasteiger partial charge in [0, 0.05) is 36.8 Å². The lowest BCUT2D eigenvalue weighted by molar-refractivity contribution is 0.100. The molecule has 6 heteroatoms. The summed E-state index contributed by atoms with van der Waals surface area (Å²) in [5.74, 6) is 1.34. The van der Waals surface area contributed by atoms with E-state index >= 15 is 0 Å². The number of ether oxygens (including phenoxy) is 2. The molecule has 0 saturated carbocycles. The molecule has 0 amide bonds. The first-order chi connectivity index (χ1) is 19.2. The van der Waals surface area contributed by atoms with E-state index in [1.807, 2.05) is 36.4 Å². The number of carbonyl (C=O) groups excluding carboxylic acids is 2. The SMILES string of the molecule is COc1c2cccc1Cc1cc(C(C)=O)cc(c1O)Cc1cccc(c1OC)Cc1cc(C(C)=O)cc(c1O)C2. The fourth-order valence-electron chi connectivity index (χ4n) is 5.64. The van der Waals surface area contributed by atoms with E-state index in [-0.39, 0.29) is 23.1 Å². The van der Waals surface area contributed by atoms with Gasteiger partial charge in [-0.1, -0.05) is 36.4 Å². The van der Waals surface area contributed by atoms with Crippen LogP contribution in [0.4, 0.5) is 0 Å². The maximum absolute atomic E-state index is 12.5. The highest BCUT2D eigenvalue weighted by molar-refractivity contribution is 5.95. The summed E-state index contributed by atoms with van der Waals surface area (Å²) in [7, 11) is 3.18. The van der Waals surface area contributed by atoms with Crippen LogP contribution in [0.2, 0.25) is 0 Å². The number of phenolic OH excluding ortho intramolecular Hbond substituents is 2. The van der Waals surface area contributed by atoms with Crippen LogP contribution in [0, 0.1) is 0 Å². The summed E-state index contributed by atoms with van der Waals surface area (Å²) in [6.07, 6.45) is 1.33. The number of ketones is 2. The van der Waals surface area contributed by atoms with E-state index in [2.05, 4.69) is 0 Å². The monoisotopic (exact) mass is 536 g/mol. The molecule has 0 spiro atoms. The Kier molecular flexibility index (Phi) is 7.35. The highest BCUT2D eigenvalue weighted by Gasteiger charge is 2.22. The summed E-state index contributed by atoms with van der Waals surface area (Å²) >= 11 is 0. The Bertz CT molecular complexity index is 1440. The van der Waals surface area contributed by atoms with Crippen LogP contribution in [0.25, 0.3) is 0 Å². The van der Waals surface area contributed by atoms with E-state index < -0.39 is 0 Å². The van der Waals surface area contributed by atoms with E-state index in [9.17, 15) is 19.8 Å². The summed E-state index contributed by atoms with van der Waals surface area (Å²) in [6.45, 7) is 3.04. The number of fused-ring (bicyclic) bond motifs is 8. The van der Waals surface area contributed by atoms with Gasteiger partial charge in [0.05, 0.1) is 14.2 Å². The van der Waals surface area contributed by atoms with Crippen LogP contribution in [0.15, 0.2) is 60.7 Å². The standard InChI is InChI=1S/C34H32O6/c1-19(35)25-15-27-11-21-7-5-9-23(33(21)39-3)13-29-17-26(20(2)36)18-30(32(29)38)14-24-10-6-8-22(34(24)40-4)12-28(16-25)31(27)37/h5-10,15-18,37-38H,11-14H2,1-4H3. The van der Waals surface area contributed by atoms with Crippen LogP contribution < -0.4 is 9.47 Å². The van der Waals surface area contributed by atoms with Gasteiger partial charge < -0.3 is 19.7 Å². The summed E-state index contributed by atoms with van der Waals surface area (Å²) in [5, 5.41) is 22.8. The summed E-state index contributed by atoms with van der Waals surface area (Å²) in [6, 6.07) is 18.5. The Morgan fingerprint density at radius 2 is 0.825 bits per heavy atom. The summed E-state index contributed by atoms with van der Waals surface area (Å²) in [5.41, 5.74) is 6.82. The van der Waals surface area contributed by atoms with Crippen molar-refractivity contribution in [3.05, 3.63) is 116 Å². The van der Waals surface area contributed by atoms with Crippen LogP contribution in [-0.4, -0.2) is 36.0 Å². The molecule has 204 valence electrons. The molecule has 4 aromatic rings. The van der Waals surface area contributed by atoms with Gasteiger partial charge in [-0.25, -0.2) is 0 Å². The molecule has 1 aliphatic rings. The molecule has 0 aliphatic heterocycles. The molecule has 40 heavy (non-hydrogen) atoms. The minimum absolute atomic E-state index is 0.0893. The Labute approximate surface area is 233 Å². The van der Waals surface area contributed by atoms with Crippen molar-refractivity contribution in [2.24, 2.45) is 0 Å². The Morgan fingerprint density at radius 1 is 0.550 bits per heavy atom. The highest BCUT2D eigenvalue weighted by Crippen LogP contribution is 2.38. The zero-order chi connectivity index (χ0) is 28.6. The molecule has 1 aliphatic carbocycles. The molecule has 8 bridgehead atoms. The fraction of sp³-hybridized carbons (Fsp3) is 0.235. The van der Waals surface area contributed by atoms with E-state index in [0.29, 0.717) is 70.6 Å². The molecule has 0 heterocycles. The number of Topliss-reactive ketones (excluding diaryl/α,β-unsaturated/α-hetero) is 2. The lowest BCUT2D eigenvalue weighted by Gasteiger charge is -2.20. The van der Waals surface area contributed by atoms with Crippen molar-refractivity contribution in [3.8, 4) is 23.0 Å². The fourth-order valence-corrected chi connectivity index (χ4v) is 5.64. The first kappa shape index (κ1) is 27.0. The number of methoxy groups -OCH3 is 2. The van der Waals surface area contributed by atoms with Gasteiger partial charge in [0.1, 0.15) is 23.0 Å². The Morgan fingerprint density at radius 3 is 1.05 bits per heavy atom. The van der Waals surface area contributed by atoms with Crippen molar-refractivity contribution >= 4 is 11.6 Å². The Balaban J connectivity index is 1.80. The molecular formula is C34H32O6. The van der Waals surface area contributed by atoms with Crippen molar-refractivity contribution in [1.29, 1.82) is 0 Å². The van der Waals surface area contributed by atoms with Gasteiger partial charge in [0.25, 0.3) is 0 Å². The third-order valence-corrected chi connectivity index (χ3v) is 7.64. The van der Waals surface area contributed by atoms with Crippen LogP contribution >= 0.6 is 0 Å². The van der Waals surface area contributed by atoms with Crippen molar-refractivity contribution < 1.29 is 29.3 Å². The topological polar surface area (TPSA) is 93.1 Å². The smallest absolute Gasteiger partial charge is 0.159 e. The van der Waals surface area contributed by atoms with E-state index in [4.69, 9.17) is 9.47 Å². The number of para-hydroxylation sites is 2. The van der Waals surface area contributed by atoms with Gasteiger partial charge in [-0.15, -0.1) is 0 Å². The molecular weight excluding hydrogens is 504 g/mol. The van der Waals surface area contributed by atoms with E-state index in [1.54, 1.807) is 38.5 Å². The minimum atomic E-state index is -0.0893. The number of hydrogen-bond donors (Lipinski definition) is 2. The lowest BCUT2D eigenvalue weighted by atomic mass is 9.89. The van der Waals surface area contributed by atoms with E-state index in [1.165, 1.54) is 13.8 Å². The zero-order valence-corrected chi connectivity index (χ0v) is 23.1. The second kappa shape index (κ2) is 10.9. The van der Waals surface area contributed by atoms with Gasteiger partial charge in [-0.3, -0.25) is 9.59 Å². The lowest BCUT2D eigenvalue weighted by Crippen LogP contribution is -2.06. The molecule has 0 unspecified atom stereocenters. The minimum Gasteiger partial charge on any atom is -0.507 e. The average molecular weight is 537 g/mol. The van der Waals surface area contributed by atoms with Gasteiger partial charge >= 0.3 is 0 Å². The second-order valence-electron chi connectivity index (χ2n) is 10.3. The molecule has 4 aromatic carbocycles. The summed E-state index contributed by atoms with van der Waals surface area (Å²) in [4.78, 5) is 25.0. The quantitative estimate of drug-likeness (QED) is 0.266. The molecule has 0 aromatic heterocycles. The summed E-state index contributed by atoms with van der Waals surface area (Å²) < 4.78 is 11.7. The largest absolute Gasteiger partial charge is 0.507 e. The molecule has 0 fully saturated rings. The van der Waals surface area contributed by atoms with Gasteiger partial charge in [-0.2, -0.15) is 0 Å². The number of aromatic hydroxyl groups is 2. The third-order valence-electron chi connectivity index (χ3n) is 7.64. The van der Waals surface area contributed by atoms with Crippen molar-refractivity contribution in [2.45, 2.75) is 39.5 Å². The number of phenols is 2. The first-order valence-electron chi connectivity index (χ1n) is 13.2. The van der Waals surface area contributed by atoms with Gasteiger partial charge in [0.2, 0.25) is 0 Å². The van der Waals surface area contributed by atoms with Crippen LogP contribution in [-0.2, 0) is 25.7 Å². The van der Waals surface area contributed by atoms with Crippen LogP contribution in [0.1, 0.15) is 79.1 Å². The van der Waals surface area contributed by atoms with Crippen molar-refractivity contribution in [2.75, 3.05) is 14.2 Å². The maximum atomic E-state index is 12.5. The average Bonchev–Trinajstić information content (AvgIpc) is 2.92. The number of rotatable bonds is 4. The van der Waals surface area contributed by atoms with Gasteiger partial charge in [0.15, 0.2) is 11.6 Å². The van der Waals surface area contributed by atoms with Crippen molar-refractivity contribution in [3.63, 3.8) is 0 Å². The molecule has 0 saturated heterocycles. The number of hydrogen-bond acceptors (Lipinski definition) is 6. The molecule has 2 N–H and O–H groups in total. The molecule has 0 atom stereocenters. The second-order valence-corrected chi connectivity index (χ2v) is 10.3. The Hall–Kier alpha value is -4.58. The van der Waals surface area contributed by atoms with E-state index in [0.717, 1.165) is 22.3 Å². The zero-order valence-electron chi connectivity index (χ0n) is 23.1. The predicted octanol–water partition coefficient (Wildman–Crippen LogP) is 6.20. The first-order valence-corrected chi connectivity index (χ1v) is 13.2. The molecule has 6 nitrogen and oxygen atoms in total. The molecule has 0 radical (unpaired) electrons. The predicted molar refractivity (Wildman–Crippen MR) is 153 cm³/mol.